The molecule has 3 N–H and O–H groups in total. The number of fused-ring (bicyclic) bond motifs is 3. The highest BCUT2D eigenvalue weighted by Crippen LogP contribution is 2.44. The summed E-state index contributed by atoms with van der Waals surface area (Å²) < 4.78 is 5.61. The lowest BCUT2D eigenvalue weighted by Crippen LogP contribution is -2.47. The molecule has 2 aliphatic rings. The lowest BCUT2D eigenvalue weighted by molar-refractivity contribution is -0.144. The van der Waals surface area contributed by atoms with Crippen molar-refractivity contribution in [1.29, 1.82) is 0 Å². The third-order valence-electron chi connectivity index (χ3n) is 7.25. The van der Waals surface area contributed by atoms with Crippen LogP contribution in [0.5, 0.6) is 0 Å². The molecule has 2 unspecified atom stereocenters. The molecule has 7 nitrogen and oxygen atoms in total. The maximum absolute atomic E-state index is 12.6. The van der Waals surface area contributed by atoms with Gasteiger partial charge in [-0.2, -0.15) is 0 Å². The van der Waals surface area contributed by atoms with Gasteiger partial charge in [-0.05, 0) is 47.4 Å². The van der Waals surface area contributed by atoms with Crippen molar-refractivity contribution in [2.75, 3.05) is 6.61 Å². The number of nitrogens with one attached hydrogen (secondary N) is 2. The largest absolute Gasteiger partial charge is 0.480 e. The summed E-state index contributed by atoms with van der Waals surface area (Å²) >= 11 is 0. The Morgan fingerprint density at radius 1 is 1.03 bits per heavy atom. The van der Waals surface area contributed by atoms with E-state index < -0.39 is 18.1 Å². The van der Waals surface area contributed by atoms with Gasteiger partial charge in [0, 0.05) is 17.9 Å². The van der Waals surface area contributed by atoms with Crippen molar-refractivity contribution in [1.82, 2.24) is 10.6 Å². The highest BCUT2D eigenvalue weighted by molar-refractivity contribution is 5.85. The first-order chi connectivity index (χ1) is 16.4. The normalized spacial score (nSPS) is 20.6. The predicted molar refractivity (Wildman–Crippen MR) is 128 cm³/mol. The van der Waals surface area contributed by atoms with Gasteiger partial charge in [0.15, 0.2) is 0 Å². The summed E-state index contributed by atoms with van der Waals surface area (Å²) in [5.41, 5.74) is 4.66. The maximum Gasteiger partial charge on any atom is 0.407 e. The third kappa shape index (κ3) is 4.93. The van der Waals surface area contributed by atoms with Crippen molar-refractivity contribution in [3.63, 3.8) is 0 Å². The number of carbonyl (C=O) groups is 3. The van der Waals surface area contributed by atoms with Crippen LogP contribution in [0.2, 0.25) is 0 Å². The molecule has 4 rings (SSSR count). The highest BCUT2D eigenvalue weighted by atomic mass is 16.5. The molecule has 0 aliphatic heterocycles. The molecule has 2 aromatic carbocycles. The third-order valence-corrected chi connectivity index (χ3v) is 7.25. The summed E-state index contributed by atoms with van der Waals surface area (Å²) in [6.45, 7) is 3.96. The van der Waals surface area contributed by atoms with Gasteiger partial charge in [-0.1, -0.05) is 68.8 Å². The quantitative estimate of drug-likeness (QED) is 0.540. The Hall–Kier alpha value is -3.35. The molecule has 0 bridgehead atoms. The minimum atomic E-state index is -1.02. The molecule has 180 valence electrons. The van der Waals surface area contributed by atoms with Gasteiger partial charge >= 0.3 is 12.1 Å². The van der Waals surface area contributed by atoms with Crippen molar-refractivity contribution in [3.05, 3.63) is 59.7 Å². The van der Waals surface area contributed by atoms with Gasteiger partial charge in [0.05, 0.1) is 0 Å². The average molecular weight is 465 g/mol. The van der Waals surface area contributed by atoms with E-state index in [1.807, 2.05) is 38.1 Å². The number of alkyl carbamates (subject to hydrolysis) is 1. The zero-order valence-electron chi connectivity index (χ0n) is 19.6. The molecule has 34 heavy (non-hydrogen) atoms. The SMILES string of the molecule is CCC(C)C(NC(=O)[C@@H]1CC[C@H](NC(=O)OCC2c3ccccc3-c3ccccc32)C1)C(=O)O. The number of carbonyl (C=O) groups excluding carboxylic acids is 2. The van der Waals surface area contributed by atoms with Crippen LogP contribution in [0.1, 0.15) is 56.6 Å². The number of hydrogen-bond donors (Lipinski definition) is 3. The number of carboxylic acids is 1. The minimum absolute atomic E-state index is 0.00578. The van der Waals surface area contributed by atoms with Crippen LogP contribution in [-0.2, 0) is 14.3 Å². The lowest BCUT2D eigenvalue weighted by Gasteiger charge is -2.22. The van der Waals surface area contributed by atoms with Gasteiger partial charge in [0.25, 0.3) is 0 Å². The van der Waals surface area contributed by atoms with E-state index in [-0.39, 0.29) is 36.3 Å². The number of carboxylic acid groups (broad SMARTS) is 1. The molecule has 0 aromatic heterocycles. The van der Waals surface area contributed by atoms with Crippen molar-refractivity contribution in [3.8, 4) is 11.1 Å². The van der Waals surface area contributed by atoms with E-state index in [9.17, 15) is 19.5 Å². The first kappa shape index (κ1) is 23.8. The number of amides is 2. The van der Waals surface area contributed by atoms with E-state index in [4.69, 9.17) is 4.74 Å². The number of rotatable bonds is 8. The molecule has 1 saturated carbocycles. The molecule has 2 amide bonds. The lowest BCUT2D eigenvalue weighted by atomic mass is 9.98. The van der Waals surface area contributed by atoms with Crippen LogP contribution >= 0.6 is 0 Å². The first-order valence-electron chi connectivity index (χ1n) is 12.0. The zero-order chi connectivity index (χ0) is 24.2. The molecule has 0 radical (unpaired) electrons. The molecule has 2 aromatic rings. The topological polar surface area (TPSA) is 105 Å². The van der Waals surface area contributed by atoms with Crippen LogP contribution in [0.4, 0.5) is 4.79 Å². The molecule has 0 heterocycles. The van der Waals surface area contributed by atoms with Crippen LogP contribution in [0, 0.1) is 11.8 Å². The second kappa shape index (κ2) is 10.3. The Kier molecular flexibility index (Phi) is 7.20. The average Bonchev–Trinajstić information content (AvgIpc) is 3.43. The van der Waals surface area contributed by atoms with Gasteiger partial charge in [-0.25, -0.2) is 9.59 Å². The van der Waals surface area contributed by atoms with Crippen LogP contribution < -0.4 is 10.6 Å². The van der Waals surface area contributed by atoms with E-state index in [1.54, 1.807) is 0 Å². The second-order valence-corrected chi connectivity index (χ2v) is 9.39. The maximum atomic E-state index is 12.6. The van der Waals surface area contributed by atoms with Gasteiger partial charge in [0.1, 0.15) is 12.6 Å². The fourth-order valence-corrected chi connectivity index (χ4v) is 5.11. The minimum Gasteiger partial charge on any atom is -0.480 e. The second-order valence-electron chi connectivity index (χ2n) is 9.39. The fourth-order valence-electron chi connectivity index (χ4n) is 5.11. The van der Waals surface area contributed by atoms with Crippen molar-refractivity contribution >= 4 is 18.0 Å². The molecule has 2 aliphatic carbocycles. The van der Waals surface area contributed by atoms with Crippen molar-refractivity contribution in [2.45, 2.75) is 57.5 Å². The van der Waals surface area contributed by atoms with Crippen LogP contribution in [0.25, 0.3) is 11.1 Å². The summed E-state index contributed by atoms with van der Waals surface area (Å²) in [5.74, 6) is -1.75. The van der Waals surface area contributed by atoms with E-state index in [0.29, 0.717) is 25.7 Å². The zero-order valence-corrected chi connectivity index (χ0v) is 19.6. The van der Waals surface area contributed by atoms with E-state index in [0.717, 1.165) is 11.1 Å². The number of aliphatic carboxylic acids is 1. The summed E-state index contributed by atoms with van der Waals surface area (Å²) in [6.07, 6.45) is 1.91. The van der Waals surface area contributed by atoms with Crippen LogP contribution in [0.15, 0.2) is 48.5 Å². The van der Waals surface area contributed by atoms with E-state index >= 15 is 0 Å². The number of benzene rings is 2. The molecule has 1 fully saturated rings. The van der Waals surface area contributed by atoms with Crippen LogP contribution in [0.3, 0.4) is 0 Å². The van der Waals surface area contributed by atoms with E-state index in [1.165, 1.54) is 11.1 Å². The summed E-state index contributed by atoms with van der Waals surface area (Å²) in [4.78, 5) is 36.7. The smallest absolute Gasteiger partial charge is 0.407 e. The Morgan fingerprint density at radius 2 is 1.65 bits per heavy atom. The molecule has 4 atom stereocenters. The highest BCUT2D eigenvalue weighted by Gasteiger charge is 2.35. The molecular formula is C27H32N2O5. The van der Waals surface area contributed by atoms with Gasteiger partial charge in [-0.15, -0.1) is 0 Å². The van der Waals surface area contributed by atoms with Gasteiger partial charge in [-0.3, -0.25) is 4.79 Å². The van der Waals surface area contributed by atoms with Crippen molar-refractivity contribution in [2.24, 2.45) is 11.8 Å². The molecular weight excluding hydrogens is 432 g/mol. The molecule has 0 spiro atoms. The summed E-state index contributed by atoms with van der Waals surface area (Å²) in [7, 11) is 0. The standard InChI is InChI=1S/C27H32N2O5/c1-3-16(2)24(26(31)32)29-25(30)17-12-13-18(14-17)28-27(33)34-15-23-21-10-6-4-8-19(21)20-9-5-7-11-22(20)23/h4-11,16-18,23-24H,3,12-15H2,1-2H3,(H,28,33)(H,29,30)(H,31,32)/t16?,17-,18+,24?/m1/s1. The van der Waals surface area contributed by atoms with Gasteiger partial charge in [0.2, 0.25) is 5.91 Å². The Bertz CT molecular complexity index is 1020. The number of hydrogen-bond acceptors (Lipinski definition) is 4. The fraction of sp³-hybridized carbons (Fsp3) is 0.444. The van der Waals surface area contributed by atoms with Crippen LogP contribution in [-0.4, -0.2) is 41.8 Å². The summed E-state index contributed by atoms with van der Waals surface area (Å²) in [5, 5.41) is 15.0. The summed E-state index contributed by atoms with van der Waals surface area (Å²) in [6, 6.07) is 15.3. The van der Waals surface area contributed by atoms with E-state index in [2.05, 4.69) is 34.9 Å². The van der Waals surface area contributed by atoms with Crippen molar-refractivity contribution < 1.29 is 24.2 Å². The van der Waals surface area contributed by atoms with Gasteiger partial charge < -0.3 is 20.5 Å². The predicted octanol–water partition coefficient (Wildman–Crippen LogP) is 4.31. The molecule has 7 heteroatoms. The molecule has 0 saturated heterocycles. The number of ether oxygens (including phenoxy) is 1. The Balaban J connectivity index is 1.29. The Labute approximate surface area is 199 Å². The first-order valence-corrected chi connectivity index (χ1v) is 12.0. The Morgan fingerprint density at radius 3 is 2.24 bits per heavy atom. The monoisotopic (exact) mass is 464 g/mol.